The molecule has 2 aromatic rings. The Kier molecular flexibility index (Phi) is 3.92. The van der Waals surface area contributed by atoms with Crippen molar-refractivity contribution < 1.29 is 4.79 Å². The number of aryl methyl sites for hydroxylation is 1. The Balaban J connectivity index is 1.71. The van der Waals surface area contributed by atoms with Crippen LogP contribution in [0.5, 0.6) is 0 Å². The Morgan fingerprint density at radius 3 is 3.00 bits per heavy atom. The van der Waals surface area contributed by atoms with Gasteiger partial charge in [0.05, 0.1) is 12.2 Å². The Hall–Kier alpha value is -2.28. The predicted molar refractivity (Wildman–Crippen MR) is 78.1 cm³/mol. The molecule has 0 aromatic carbocycles. The van der Waals surface area contributed by atoms with E-state index in [9.17, 15) is 4.79 Å². The van der Waals surface area contributed by atoms with Crippen LogP contribution in [0.4, 0.5) is 5.82 Å². The first-order valence-corrected chi connectivity index (χ1v) is 7.09. The number of piperidine rings is 1. The summed E-state index contributed by atoms with van der Waals surface area (Å²) in [6.07, 6.45) is 5.37. The third-order valence-electron chi connectivity index (χ3n) is 3.67. The number of carbonyl (C=O) groups is 1. The van der Waals surface area contributed by atoms with Crippen LogP contribution in [0.25, 0.3) is 0 Å². The van der Waals surface area contributed by atoms with Gasteiger partial charge in [0.25, 0.3) is 5.91 Å². The highest BCUT2D eigenvalue weighted by atomic mass is 16.2. The van der Waals surface area contributed by atoms with Crippen molar-refractivity contribution >= 4 is 11.7 Å². The Morgan fingerprint density at radius 1 is 1.43 bits per heavy atom. The Labute approximate surface area is 122 Å². The van der Waals surface area contributed by atoms with E-state index in [1.807, 2.05) is 19.1 Å². The van der Waals surface area contributed by atoms with Gasteiger partial charge in [0, 0.05) is 6.20 Å². The molecule has 3 rings (SSSR count). The van der Waals surface area contributed by atoms with Crippen molar-refractivity contribution in [1.82, 2.24) is 25.3 Å². The Morgan fingerprint density at radius 2 is 2.24 bits per heavy atom. The van der Waals surface area contributed by atoms with Crippen LogP contribution >= 0.6 is 0 Å². The monoisotopic (exact) mass is 286 g/mol. The van der Waals surface area contributed by atoms with Gasteiger partial charge in [-0.15, -0.1) is 5.10 Å². The minimum Gasteiger partial charge on any atom is -0.317 e. The zero-order chi connectivity index (χ0) is 14.7. The van der Waals surface area contributed by atoms with E-state index in [0.717, 1.165) is 31.5 Å². The second-order valence-corrected chi connectivity index (χ2v) is 5.19. The van der Waals surface area contributed by atoms with Gasteiger partial charge in [-0.3, -0.25) is 4.79 Å². The first-order chi connectivity index (χ1) is 10.2. The van der Waals surface area contributed by atoms with E-state index in [2.05, 4.69) is 25.9 Å². The molecule has 2 aromatic heterocycles. The molecule has 0 spiro atoms. The van der Waals surface area contributed by atoms with E-state index < -0.39 is 0 Å². The van der Waals surface area contributed by atoms with Crippen LogP contribution in [-0.4, -0.2) is 39.0 Å². The average molecular weight is 286 g/mol. The van der Waals surface area contributed by atoms with Gasteiger partial charge in [-0.2, -0.15) is 0 Å². The van der Waals surface area contributed by atoms with Crippen LogP contribution in [0, 0.1) is 6.92 Å². The number of hydrogen-bond acceptors (Lipinski definition) is 5. The molecule has 110 valence electrons. The van der Waals surface area contributed by atoms with Gasteiger partial charge in [-0.1, -0.05) is 11.3 Å². The van der Waals surface area contributed by atoms with Gasteiger partial charge < -0.3 is 10.6 Å². The summed E-state index contributed by atoms with van der Waals surface area (Å²) in [4.78, 5) is 16.3. The smallest absolute Gasteiger partial charge is 0.279 e. The fourth-order valence-electron chi connectivity index (χ4n) is 2.42. The second kappa shape index (κ2) is 6.01. The molecule has 0 atom stereocenters. The zero-order valence-corrected chi connectivity index (χ0v) is 11.9. The van der Waals surface area contributed by atoms with Crippen LogP contribution < -0.4 is 10.6 Å². The van der Waals surface area contributed by atoms with Crippen LogP contribution in [0.15, 0.2) is 24.5 Å². The van der Waals surface area contributed by atoms with Crippen molar-refractivity contribution in [2.75, 3.05) is 18.4 Å². The normalized spacial score (nSPS) is 15.9. The standard InChI is InChI=1S/C14H18N6O/c1-10-3-2-6-16-13(10)17-14(21)12-9-20(19-18-12)11-4-7-15-8-5-11/h2-3,6,9,11,15H,4-5,7-8H2,1H3,(H,16,17,21). The van der Waals surface area contributed by atoms with Gasteiger partial charge in [0.2, 0.25) is 0 Å². The van der Waals surface area contributed by atoms with Crippen LogP contribution in [0.1, 0.15) is 34.9 Å². The molecule has 2 N–H and O–H groups in total. The summed E-state index contributed by atoms with van der Waals surface area (Å²) < 4.78 is 1.79. The summed E-state index contributed by atoms with van der Waals surface area (Å²) in [6, 6.07) is 4.05. The fraction of sp³-hybridized carbons (Fsp3) is 0.429. The lowest BCUT2D eigenvalue weighted by Crippen LogP contribution is -2.29. The molecule has 7 heteroatoms. The number of pyridine rings is 1. The minimum atomic E-state index is -0.281. The van der Waals surface area contributed by atoms with E-state index in [0.29, 0.717) is 17.6 Å². The highest BCUT2D eigenvalue weighted by molar-refractivity contribution is 6.02. The van der Waals surface area contributed by atoms with E-state index in [-0.39, 0.29) is 5.91 Å². The van der Waals surface area contributed by atoms with Crippen LogP contribution in [0.3, 0.4) is 0 Å². The molecular weight excluding hydrogens is 268 g/mol. The van der Waals surface area contributed by atoms with Crippen molar-refractivity contribution in [3.05, 3.63) is 35.8 Å². The summed E-state index contributed by atoms with van der Waals surface area (Å²) in [5.41, 5.74) is 1.23. The SMILES string of the molecule is Cc1cccnc1NC(=O)c1cn(C2CCNCC2)nn1. The van der Waals surface area contributed by atoms with E-state index in [4.69, 9.17) is 0 Å². The molecule has 1 amide bonds. The maximum absolute atomic E-state index is 12.2. The molecule has 0 aliphatic carbocycles. The van der Waals surface area contributed by atoms with Crippen LogP contribution in [0.2, 0.25) is 0 Å². The van der Waals surface area contributed by atoms with Crippen molar-refractivity contribution in [1.29, 1.82) is 0 Å². The van der Waals surface area contributed by atoms with Crippen LogP contribution in [-0.2, 0) is 0 Å². The van der Waals surface area contributed by atoms with E-state index in [1.54, 1.807) is 17.1 Å². The molecule has 21 heavy (non-hydrogen) atoms. The van der Waals surface area contributed by atoms with Crippen molar-refractivity contribution in [2.24, 2.45) is 0 Å². The maximum Gasteiger partial charge on any atom is 0.279 e. The molecule has 3 heterocycles. The van der Waals surface area contributed by atoms with Crippen molar-refractivity contribution in [3.63, 3.8) is 0 Å². The molecule has 0 radical (unpaired) electrons. The fourth-order valence-corrected chi connectivity index (χ4v) is 2.42. The number of carbonyl (C=O) groups excluding carboxylic acids is 1. The average Bonchev–Trinajstić information content (AvgIpc) is 3.00. The summed E-state index contributed by atoms with van der Waals surface area (Å²) >= 11 is 0. The number of hydrogen-bond donors (Lipinski definition) is 2. The molecule has 1 aliphatic rings. The lowest BCUT2D eigenvalue weighted by Gasteiger charge is -2.22. The van der Waals surface area contributed by atoms with Gasteiger partial charge in [-0.05, 0) is 44.5 Å². The summed E-state index contributed by atoms with van der Waals surface area (Å²) in [5, 5.41) is 14.1. The molecule has 1 saturated heterocycles. The number of amides is 1. The lowest BCUT2D eigenvalue weighted by molar-refractivity contribution is 0.102. The lowest BCUT2D eigenvalue weighted by atomic mass is 10.1. The summed E-state index contributed by atoms with van der Waals surface area (Å²) in [6.45, 7) is 3.84. The van der Waals surface area contributed by atoms with Crippen molar-refractivity contribution in [3.8, 4) is 0 Å². The van der Waals surface area contributed by atoms with Gasteiger partial charge in [-0.25, -0.2) is 9.67 Å². The van der Waals surface area contributed by atoms with Crippen molar-refractivity contribution in [2.45, 2.75) is 25.8 Å². The van der Waals surface area contributed by atoms with E-state index in [1.165, 1.54) is 0 Å². The van der Waals surface area contributed by atoms with Gasteiger partial charge in [0.1, 0.15) is 5.82 Å². The summed E-state index contributed by atoms with van der Waals surface area (Å²) in [7, 11) is 0. The zero-order valence-electron chi connectivity index (χ0n) is 11.9. The molecule has 7 nitrogen and oxygen atoms in total. The molecule has 0 saturated carbocycles. The number of rotatable bonds is 3. The Bertz CT molecular complexity index is 632. The predicted octanol–water partition coefficient (Wildman–Crippen LogP) is 1.16. The molecule has 0 bridgehead atoms. The number of nitrogens with one attached hydrogen (secondary N) is 2. The van der Waals surface area contributed by atoms with E-state index >= 15 is 0 Å². The first kappa shape index (κ1) is 13.7. The molecule has 1 fully saturated rings. The third-order valence-corrected chi connectivity index (χ3v) is 3.67. The molecule has 0 unspecified atom stereocenters. The highest BCUT2D eigenvalue weighted by Gasteiger charge is 2.19. The molecule has 1 aliphatic heterocycles. The quantitative estimate of drug-likeness (QED) is 0.884. The highest BCUT2D eigenvalue weighted by Crippen LogP contribution is 2.17. The third kappa shape index (κ3) is 3.08. The molecular formula is C14H18N6O. The number of aromatic nitrogens is 4. The largest absolute Gasteiger partial charge is 0.317 e. The van der Waals surface area contributed by atoms with Gasteiger partial charge >= 0.3 is 0 Å². The second-order valence-electron chi connectivity index (χ2n) is 5.19. The van der Waals surface area contributed by atoms with Gasteiger partial charge in [0.15, 0.2) is 5.69 Å². The first-order valence-electron chi connectivity index (χ1n) is 7.09. The number of nitrogens with zero attached hydrogens (tertiary/aromatic N) is 4. The maximum atomic E-state index is 12.2. The number of anilines is 1. The summed E-state index contributed by atoms with van der Waals surface area (Å²) in [5.74, 6) is 0.274. The topological polar surface area (TPSA) is 84.7 Å². The minimum absolute atomic E-state index is 0.281.